The second kappa shape index (κ2) is 4.27. The van der Waals surface area contributed by atoms with Crippen LogP contribution in [0, 0.1) is 11.3 Å². The summed E-state index contributed by atoms with van der Waals surface area (Å²) in [6, 6.07) is 0. The van der Waals surface area contributed by atoms with Gasteiger partial charge in [-0.25, -0.2) is 13.1 Å². The Morgan fingerprint density at radius 3 is 2.06 bits per heavy atom. The van der Waals surface area contributed by atoms with Gasteiger partial charge in [0.05, 0.1) is 5.75 Å². The highest BCUT2D eigenvalue weighted by Crippen LogP contribution is 2.39. The van der Waals surface area contributed by atoms with Crippen molar-refractivity contribution in [3.05, 3.63) is 0 Å². The van der Waals surface area contributed by atoms with Crippen molar-refractivity contribution >= 4 is 10.0 Å². The first-order valence-corrected chi connectivity index (χ1v) is 7.45. The molecule has 1 fully saturated rings. The van der Waals surface area contributed by atoms with Crippen LogP contribution < -0.4 is 10.5 Å². The van der Waals surface area contributed by atoms with Crippen molar-refractivity contribution in [1.82, 2.24) is 4.72 Å². The van der Waals surface area contributed by atoms with E-state index in [9.17, 15) is 8.42 Å². The lowest BCUT2D eigenvalue weighted by Crippen LogP contribution is -2.54. The summed E-state index contributed by atoms with van der Waals surface area (Å²) in [7, 11) is -3.24. The van der Waals surface area contributed by atoms with Gasteiger partial charge in [-0.05, 0) is 31.1 Å². The summed E-state index contributed by atoms with van der Waals surface area (Å²) in [4.78, 5) is 0. The molecule has 0 aromatic heterocycles. The zero-order chi connectivity index (χ0) is 12.6. The molecule has 96 valence electrons. The Kier molecular flexibility index (Phi) is 3.72. The van der Waals surface area contributed by atoms with Gasteiger partial charge in [0.15, 0.2) is 0 Å². The summed E-state index contributed by atoms with van der Waals surface area (Å²) in [5, 5.41) is 0. The Morgan fingerprint density at radius 2 is 1.75 bits per heavy atom. The molecular formula is C11H24N2O2S. The van der Waals surface area contributed by atoms with Crippen molar-refractivity contribution < 1.29 is 8.42 Å². The monoisotopic (exact) mass is 248 g/mol. The van der Waals surface area contributed by atoms with Crippen LogP contribution in [0.1, 0.15) is 40.5 Å². The van der Waals surface area contributed by atoms with Crippen LogP contribution in [0.3, 0.4) is 0 Å². The maximum absolute atomic E-state index is 12.0. The van der Waals surface area contributed by atoms with E-state index >= 15 is 0 Å². The van der Waals surface area contributed by atoms with E-state index in [1.54, 1.807) is 0 Å². The highest BCUT2D eigenvalue weighted by Gasteiger charge is 2.43. The van der Waals surface area contributed by atoms with Gasteiger partial charge in [0.1, 0.15) is 0 Å². The molecule has 0 aliphatic heterocycles. The maximum Gasteiger partial charge on any atom is 0.212 e. The Balaban J connectivity index is 2.71. The van der Waals surface area contributed by atoms with Gasteiger partial charge in [-0.2, -0.15) is 0 Å². The summed E-state index contributed by atoms with van der Waals surface area (Å²) in [5.41, 5.74) is 5.01. The van der Waals surface area contributed by atoms with E-state index in [2.05, 4.69) is 4.72 Å². The summed E-state index contributed by atoms with van der Waals surface area (Å²) in [5.74, 6) is 0.551. The third-order valence-corrected chi connectivity index (χ3v) is 4.94. The predicted molar refractivity (Wildman–Crippen MR) is 66.6 cm³/mol. The highest BCUT2D eigenvalue weighted by atomic mass is 32.2. The van der Waals surface area contributed by atoms with Gasteiger partial charge in [-0.3, -0.25) is 0 Å². The third-order valence-electron chi connectivity index (χ3n) is 2.91. The van der Waals surface area contributed by atoms with Crippen LogP contribution >= 0.6 is 0 Å². The van der Waals surface area contributed by atoms with Gasteiger partial charge in [-0.1, -0.05) is 20.8 Å². The molecule has 1 unspecified atom stereocenters. The first-order valence-electron chi connectivity index (χ1n) is 5.80. The molecule has 1 atom stereocenters. The Bertz CT molecular complexity index is 341. The van der Waals surface area contributed by atoms with Crippen LogP contribution in [-0.2, 0) is 10.0 Å². The first kappa shape index (κ1) is 13.9. The Hall–Kier alpha value is -0.130. The number of hydrogen-bond donors (Lipinski definition) is 2. The Morgan fingerprint density at radius 1 is 1.25 bits per heavy atom. The topological polar surface area (TPSA) is 72.2 Å². The zero-order valence-electron chi connectivity index (χ0n) is 10.7. The minimum absolute atomic E-state index is 0.141. The van der Waals surface area contributed by atoms with Crippen LogP contribution in [-0.4, -0.2) is 26.3 Å². The molecule has 0 amide bonds. The molecule has 5 heteroatoms. The molecule has 1 rings (SSSR count). The largest absolute Gasteiger partial charge is 0.329 e. The van der Waals surface area contributed by atoms with Crippen LogP contribution in [0.4, 0.5) is 0 Å². The summed E-state index contributed by atoms with van der Waals surface area (Å²) in [6.45, 7) is 8.03. The van der Waals surface area contributed by atoms with E-state index in [1.165, 1.54) is 0 Å². The molecule has 0 radical (unpaired) electrons. The first-order chi connectivity index (χ1) is 7.08. The second-order valence-corrected chi connectivity index (χ2v) is 8.04. The fourth-order valence-corrected chi connectivity index (χ4v) is 4.15. The van der Waals surface area contributed by atoms with Crippen molar-refractivity contribution in [2.75, 3.05) is 12.3 Å². The standard InChI is InChI=1S/C11H24N2O2S/c1-10(2,3)8-16(14,15)13-11(4,7-12)9-5-6-9/h9,13H,5-8,12H2,1-4H3. The predicted octanol–water partition coefficient (Wildman–Crippen LogP) is 1.08. The number of hydrogen-bond acceptors (Lipinski definition) is 3. The lowest BCUT2D eigenvalue weighted by atomic mass is 9.98. The summed E-state index contributed by atoms with van der Waals surface area (Å²) < 4.78 is 26.8. The molecule has 0 aromatic rings. The highest BCUT2D eigenvalue weighted by molar-refractivity contribution is 7.89. The van der Waals surface area contributed by atoms with Gasteiger partial charge in [-0.15, -0.1) is 0 Å². The van der Waals surface area contributed by atoms with E-state index in [-0.39, 0.29) is 11.2 Å². The normalized spacial score (nSPS) is 21.8. The van der Waals surface area contributed by atoms with Gasteiger partial charge in [0, 0.05) is 12.1 Å². The maximum atomic E-state index is 12.0. The van der Waals surface area contributed by atoms with Gasteiger partial charge in [0.2, 0.25) is 10.0 Å². The molecule has 1 aliphatic carbocycles. The fraction of sp³-hybridized carbons (Fsp3) is 1.00. The lowest BCUT2D eigenvalue weighted by Gasteiger charge is -2.30. The van der Waals surface area contributed by atoms with E-state index < -0.39 is 15.6 Å². The smallest absolute Gasteiger partial charge is 0.212 e. The van der Waals surface area contributed by atoms with Crippen molar-refractivity contribution in [3.8, 4) is 0 Å². The van der Waals surface area contributed by atoms with E-state index in [0.29, 0.717) is 12.5 Å². The third kappa shape index (κ3) is 4.03. The van der Waals surface area contributed by atoms with Crippen LogP contribution in [0.15, 0.2) is 0 Å². The van der Waals surface area contributed by atoms with Crippen LogP contribution in [0.5, 0.6) is 0 Å². The average Bonchev–Trinajstić information content (AvgIpc) is 2.79. The molecule has 4 nitrogen and oxygen atoms in total. The molecule has 0 bridgehead atoms. The summed E-state index contributed by atoms with van der Waals surface area (Å²) in [6.07, 6.45) is 2.15. The number of sulfonamides is 1. The molecular weight excluding hydrogens is 224 g/mol. The minimum atomic E-state index is -3.24. The van der Waals surface area contributed by atoms with Gasteiger partial charge >= 0.3 is 0 Å². The van der Waals surface area contributed by atoms with Crippen molar-refractivity contribution in [2.24, 2.45) is 17.1 Å². The SMILES string of the molecule is CC(C)(C)CS(=O)(=O)NC(C)(CN)C1CC1. The van der Waals surface area contributed by atoms with Crippen molar-refractivity contribution in [1.29, 1.82) is 0 Å². The molecule has 0 spiro atoms. The second-order valence-electron chi connectivity index (χ2n) is 6.32. The number of nitrogens with one attached hydrogen (secondary N) is 1. The molecule has 0 heterocycles. The molecule has 0 aromatic carbocycles. The zero-order valence-corrected chi connectivity index (χ0v) is 11.5. The molecule has 16 heavy (non-hydrogen) atoms. The number of rotatable bonds is 5. The van der Waals surface area contributed by atoms with E-state index in [4.69, 9.17) is 5.73 Å². The van der Waals surface area contributed by atoms with Crippen molar-refractivity contribution in [2.45, 2.75) is 46.1 Å². The van der Waals surface area contributed by atoms with Crippen LogP contribution in [0.25, 0.3) is 0 Å². The fourth-order valence-electron chi connectivity index (χ4n) is 1.97. The van der Waals surface area contributed by atoms with Gasteiger partial charge in [0.25, 0.3) is 0 Å². The molecule has 3 N–H and O–H groups in total. The molecule has 1 aliphatic rings. The van der Waals surface area contributed by atoms with E-state index in [1.807, 2.05) is 27.7 Å². The summed E-state index contributed by atoms with van der Waals surface area (Å²) >= 11 is 0. The molecule has 1 saturated carbocycles. The van der Waals surface area contributed by atoms with Gasteiger partial charge < -0.3 is 5.73 Å². The van der Waals surface area contributed by atoms with Crippen LogP contribution in [0.2, 0.25) is 0 Å². The molecule has 0 saturated heterocycles. The van der Waals surface area contributed by atoms with Crippen molar-refractivity contribution in [3.63, 3.8) is 0 Å². The average molecular weight is 248 g/mol. The van der Waals surface area contributed by atoms with E-state index in [0.717, 1.165) is 12.8 Å². The quantitative estimate of drug-likeness (QED) is 0.764. The minimum Gasteiger partial charge on any atom is -0.329 e. The lowest BCUT2D eigenvalue weighted by molar-refractivity contribution is 0.368. The number of nitrogens with two attached hydrogens (primary N) is 1. The Labute approximate surface area is 99.0 Å².